The zero-order chi connectivity index (χ0) is 12.3. The van der Waals surface area contributed by atoms with Crippen molar-refractivity contribution in [2.45, 2.75) is 6.04 Å². The molecule has 1 aliphatic heterocycles. The van der Waals surface area contributed by atoms with E-state index in [4.69, 9.17) is 0 Å². The highest BCUT2D eigenvalue weighted by atomic mass is 79.9. The smallest absolute Gasteiger partial charge is 0.318 e. The minimum Gasteiger partial charge on any atom is -0.329 e. The molecule has 0 aromatic heterocycles. The molecule has 1 saturated heterocycles. The van der Waals surface area contributed by atoms with Gasteiger partial charge in [-0.05, 0) is 24.7 Å². The number of amides is 2. The summed E-state index contributed by atoms with van der Waals surface area (Å²) in [5.41, 5.74) is 1.15. The number of benzene rings is 1. The van der Waals surface area contributed by atoms with Crippen molar-refractivity contribution in [1.82, 2.24) is 15.5 Å². The maximum Gasteiger partial charge on any atom is 0.318 e. The molecular weight excluding hydrogens is 282 g/mol. The van der Waals surface area contributed by atoms with Crippen LogP contribution in [0.4, 0.5) is 4.79 Å². The molecule has 0 spiro atoms. The second kappa shape index (κ2) is 5.51. The predicted molar refractivity (Wildman–Crippen MR) is 70.9 cm³/mol. The molecule has 4 nitrogen and oxygen atoms in total. The standard InChI is InChI=1S/C12H16BrN3O/c1-14-6-7-16-8-11(15-12(16)17)9-2-4-10(13)5-3-9/h2-5,11,14H,6-8H2,1H3,(H,15,17). The summed E-state index contributed by atoms with van der Waals surface area (Å²) >= 11 is 3.41. The van der Waals surface area contributed by atoms with Gasteiger partial charge in [0.15, 0.2) is 0 Å². The van der Waals surface area contributed by atoms with Crippen LogP contribution in [0.1, 0.15) is 11.6 Å². The Bertz CT molecular complexity index is 393. The predicted octanol–water partition coefficient (Wildman–Crippen LogP) is 1.73. The van der Waals surface area contributed by atoms with E-state index in [0.717, 1.165) is 29.7 Å². The van der Waals surface area contributed by atoms with E-state index in [-0.39, 0.29) is 12.1 Å². The maximum absolute atomic E-state index is 11.7. The van der Waals surface area contributed by atoms with Gasteiger partial charge < -0.3 is 15.5 Å². The third kappa shape index (κ3) is 2.98. The lowest BCUT2D eigenvalue weighted by Crippen LogP contribution is -2.33. The molecule has 0 saturated carbocycles. The van der Waals surface area contributed by atoms with Gasteiger partial charge in [-0.25, -0.2) is 4.79 Å². The Labute approximate surface area is 110 Å². The van der Waals surface area contributed by atoms with E-state index < -0.39 is 0 Å². The topological polar surface area (TPSA) is 44.4 Å². The molecule has 2 amide bonds. The fourth-order valence-electron chi connectivity index (χ4n) is 1.91. The van der Waals surface area contributed by atoms with Crippen LogP contribution in [-0.4, -0.2) is 37.6 Å². The molecule has 0 aliphatic carbocycles. The van der Waals surface area contributed by atoms with Crippen molar-refractivity contribution in [2.24, 2.45) is 0 Å². The van der Waals surface area contributed by atoms with Gasteiger partial charge in [-0.3, -0.25) is 0 Å². The summed E-state index contributed by atoms with van der Waals surface area (Å²) in [6, 6.07) is 8.20. The first-order valence-electron chi connectivity index (χ1n) is 5.66. The Morgan fingerprint density at radius 3 is 2.82 bits per heavy atom. The fraction of sp³-hybridized carbons (Fsp3) is 0.417. The van der Waals surface area contributed by atoms with Crippen molar-refractivity contribution in [3.8, 4) is 0 Å². The normalized spacial score (nSPS) is 19.5. The van der Waals surface area contributed by atoms with E-state index >= 15 is 0 Å². The van der Waals surface area contributed by atoms with Crippen molar-refractivity contribution >= 4 is 22.0 Å². The minimum absolute atomic E-state index is 0.0215. The number of nitrogens with one attached hydrogen (secondary N) is 2. The Morgan fingerprint density at radius 1 is 1.47 bits per heavy atom. The van der Waals surface area contributed by atoms with Crippen LogP contribution in [0.3, 0.4) is 0 Å². The van der Waals surface area contributed by atoms with Crippen LogP contribution in [0.5, 0.6) is 0 Å². The van der Waals surface area contributed by atoms with E-state index in [1.165, 1.54) is 0 Å². The highest BCUT2D eigenvalue weighted by molar-refractivity contribution is 9.10. The summed E-state index contributed by atoms with van der Waals surface area (Å²) < 4.78 is 1.05. The molecule has 92 valence electrons. The largest absolute Gasteiger partial charge is 0.329 e. The van der Waals surface area contributed by atoms with Gasteiger partial charge >= 0.3 is 6.03 Å². The zero-order valence-electron chi connectivity index (χ0n) is 9.74. The highest BCUT2D eigenvalue weighted by Gasteiger charge is 2.28. The molecule has 0 bridgehead atoms. The molecule has 1 unspecified atom stereocenters. The van der Waals surface area contributed by atoms with Crippen molar-refractivity contribution in [3.63, 3.8) is 0 Å². The van der Waals surface area contributed by atoms with Gasteiger partial charge in [-0.15, -0.1) is 0 Å². The lowest BCUT2D eigenvalue weighted by atomic mass is 10.1. The van der Waals surface area contributed by atoms with Crippen molar-refractivity contribution in [1.29, 1.82) is 0 Å². The van der Waals surface area contributed by atoms with Gasteiger partial charge in [0.05, 0.1) is 6.04 Å². The van der Waals surface area contributed by atoms with Gasteiger partial charge in [0.1, 0.15) is 0 Å². The van der Waals surface area contributed by atoms with Crippen LogP contribution in [-0.2, 0) is 0 Å². The molecule has 1 atom stereocenters. The number of urea groups is 1. The van der Waals surface area contributed by atoms with Gasteiger partial charge in [-0.1, -0.05) is 28.1 Å². The second-order valence-electron chi connectivity index (χ2n) is 4.10. The molecule has 1 aliphatic rings. The molecule has 1 aromatic rings. The average molecular weight is 298 g/mol. The number of carbonyl (C=O) groups is 1. The van der Waals surface area contributed by atoms with Crippen LogP contribution in [0.25, 0.3) is 0 Å². The molecule has 5 heteroatoms. The maximum atomic E-state index is 11.7. The van der Waals surface area contributed by atoms with Crippen molar-refractivity contribution in [2.75, 3.05) is 26.7 Å². The van der Waals surface area contributed by atoms with Crippen LogP contribution in [0.15, 0.2) is 28.7 Å². The molecule has 17 heavy (non-hydrogen) atoms. The Hall–Kier alpha value is -1.07. The molecule has 0 radical (unpaired) electrons. The summed E-state index contributed by atoms with van der Waals surface area (Å²) in [6.07, 6.45) is 0. The number of halogens is 1. The van der Waals surface area contributed by atoms with Crippen molar-refractivity contribution in [3.05, 3.63) is 34.3 Å². The van der Waals surface area contributed by atoms with Gasteiger partial charge in [-0.2, -0.15) is 0 Å². The number of rotatable bonds is 4. The summed E-state index contributed by atoms with van der Waals surface area (Å²) in [5, 5.41) is 6.04. The van der Waals surface area contributed by atoms with E-state index in [0.29, 0.717) is 0 Å². The van der Waals surface area contributed by atoms with Crippen LogP contribution in [0.2, 0.25) is 0 Å². The molecule has 2 rings (SSSR count). The third-order valence-electron chi connectivity index (χ3n) is 2.89. The Morgan fingerprint density at radius 2 is 2.18 bits per heavy atom. The third-order valence-corrected chi connectivity index (χ3v) is 3.42. The Balaban J connectivity index is 2.00. The minimum atomic E-state index is 0.0215. The van der Waals surface area contributed by atoms with Crippen LogP contribution >= 0.6 is 15.9 Å². The lowest BCUT2D eigenvalue weighted by molar-refractivity contribution is 0.218. The first kappa shape index (κ1) is 12.4. The highest BCUT2D eigenvalue weighted by Crippen LogP contribution is 2.21. The molecule has 2 N–H and O–H groups in total. The second-order valence-corrected chi connectivity index (χ2v) is 5.02. The Kier molecular flexibility index (Phi) is 4.02. The zero-order valence-corrected chi connectivity index (χ0v) is 11.3. The molecule has 1 aromatic carbocycles. The number of nitrogens with zero attached hydrogens (tertiary/aromatic N) is 1. The van der Waals surface area contributed by atoms with Gasteiger partial charge in [0.25, 0.3) is 0 Å². The summed E-state index contributed by atoms with van der Waals surface area (Å²) in [6.45, 7) is 2.30. The lowest BCUT2D eigenvalue weighted by Gasteiger charge is -2.14. The quantitative estimate of drug-likeness (QED) is 0.889. The number of carbonyl (C=O) groups excluding carboxylic acids is 1. The first-order valence-corrected chi connectivity index (χ1v) is 6.45. The summed E-state index contributed by atoms with van der Waals surface area (Å²) in [7, 11) is 1.89. The number of likely N-dealkylation sites (N-methyl/N-ethyl adjacent to an activating group) is 1. The molecule has 1 heterocycles. The summed E-state index contributed by atoms with van der Waals surface area (Å²) in [5.74, 6) is 0. The van der Waals surface area contributed by atoms with Gasteiger partial charge in [0.2, 0.25) is 0 Å². The van der Waals surface area contributed by atoms with Crippen LogP contribution in [0, 0.1) is 0 Å². The van der Waals surface area contributed by atoms with Gasteiger partial charge in [0, 0.05) is 24.1 Å². The SMILES string of the molecule is CNCCN1CC(c2ccc(Br)cc2)NC1=O. The molecular formula is C12H16BrN3O. The number of hydrogen-bond acceptors (Lipinski definition) is 2. The first-order chi connectivity index (χ1) is 8.20. The monoisotopic (exact) mass is 297 g/mol. The van der Waals surface area contributed by atoms with Crippen LogP contribution < -0.4 is 10.6 Å². The fourth-order valence-corrected chi connectivity index (χ4v) is 2.18. The molecule has 1 fully saturated rings. The number of hydrogen-bond donors (Lipinski definition) is 2. The van der Waals surface area contributed by atoms with Crippen molar-refractivity contribution < 1.29 is 4.79 Å². The van der Waals surface area contributed by atoms with E-state index in [2.05, 4.69) is 26.6 Å². The summed E-state index contributed by atoms with van der Waals surface area (Å²) in [4.78, 5) is 13.5. The van der Waals surface area contributed by atoms with E-state index in [1.807, 2.05) is 36.2 Å². The van der Waals surface area contributed by atoms with E-state index in [1.54, 1.807) is 0 Å². The van der Waals surface area contributed by atoms with E-state index in [9.17, 15) is 4.79 Å². The average Bonchev–Trinajstić information content (AvgIpc) is 2.69.